The molecule has 82 valence electrons. The first-order valence-electron chi connectivity index (χ1n) is 4.38. The summed E-state index contributed by atoms with van der Waals surface area (Å²) in [6, 6.07) is 8.50. The molecule has 0 aliphatic carbocycles. The maximum Gasteiger partial charge on any atom is 0.340 e. The van der Waals surface area contributed by atoms with Gasteiger partial charge in [-0.2, -0.15) is 0 Å². The Kier molecular flexibility index (Phi) is 3.20. The Labute approximate surface area is 111 Å². The number of rotatable bonds is 2. The first kappa shape index (κ1) is 11.5. The predicted octanol–water partition coefficient (Wildman–Crippen LogP) is 3.92. The summed E-state index contributed by atoms with van der Waals surface area (Å²) in [4.78, 5) is 11.2. The van der Waals surface area contributed by atoms with Gasteiger partial charge in [-0.15, -0.1) is 0 Å². The van der Waals surface area contributed by atoms with Crippen molar-refractivity contribution in [2.24, 2.45) is 0 Å². The summed E-state index contributed by atoms with van der Waals surface area (Å²) in [6.45, 7) is 0. The zero-order valence-electron chi connectivity index (χ0n) is 7.91. The van der Waals surface area contributed by atoms with E-state index >= 15 is 0 Å². The molecule has 0 aliphatic heterocycles. The lowest BCUT2D eigenvalue weighted by Crippen LogP contribution is -2.00. The number of carboxylic acid groups (broad SMARTS) is 1. The van der Waals surface area contributed by atoms with E-state index in [4.69, 9.17) is 19.8 Å². The molecule has 2 rings (SSSR count). The molecule has 16 heavy (non-hydrogen) atoms. The summed E-state index contributed by atoms with van der Waals surface area (Å²) >= 11 is 7.65. The average molecular weight is 349 g/mol. The zero-order chi connectivity index (χ0) is 11.7. The van der Waals surface area contributed by atoms with Crippen molar-refractivity contribution in [3.05, 3.63) is 40.9 Å². The van der Waals surface area contributed by atoms with Crippen LogP contribution in [0.2, 0.25) is 5.02 Å². The molecule has 1 N–H and O–H groups in total. The largest absolute Gasteiger partial charge is 0.478 e. The average Bonchev–Trinajstić information content (AvgIpc) is 2.27. The van der Waals surface area contributed by atoms with Crippen molar-refractivity contribution in [2.75, 3.05) is 0 Å². The highest BCUT2D eigenvalue weighted by Crippen LogP contribution is 2.32. The van der Waals surface area contributed by atoms with Gasteiger partial charge in [0.05, 0.1) is 0 Å². The molecule has 2 aromatic rings. The molecule has 0 amide bonds. The van der Waals surface area contributed by atoms with Gasteiger partial charge in [0.2, 0.25) is 0 Å². The molecular weight excluding hydrogens is 342 g/mol. The van der Waals surface area contributed by atoms with Crippen LogP contribution in [0.5, 0.6) is 5.75 Å². The second kappa shape index (κ2) is 4.47. The number of hydrogen-bond acceptors (Lipinski definition) is 2. The lowest BCUT2D eigenvalue weighted by atomic mass is 10.0. The van der Waals surface area contributed by atoms with Crippen LogP contribution in [0, 0.1) is 0 Å². The molecule has 0 heterocycles. The number of fused-ring (bicyclic) bond motifs is 1. The maximum atomic E-state index is 11.2. The molecule has 0 aromatic heterocycles. The Morgan fingerprint density at radius 1 is 1.25 bits per heavy atom. The van der Waals surface area contributed by atoms with Crippen LogP contribution in [0.4, 0.5) is 0 Å². The first-order chi connectivity index (χ1) is 7.65. The van der Waals surface area contributed by atoms with E-state index < -0.39 is 5.97 Å². The van der Waals surface area contributed by atoms with Crippen molar-refractivity contribution in [1.82, 2.24) is 0 Å². The fraction of sp³-hybridized carbons (Fsp3) is 0. The van der Waals surface area contributed by atoms with Gasteiger partial charge < -0.3 is 8.17 Å². The van der Waals surface area contributed by atoms with Gasteiger partial charge in [0.15, 0.2) is 23.0 Å². The molecule has 0 atom stereocenters. The van der Waals surface area contributed by atoms with Crippen LogP contribution in [0.3, 0.4) is 0 Å². The number of aromatic carboxylic acids is 1. The highest BCUT2D eigenvalue weighted by atomic mass is 127. The summed E-state index contributed by atoms with van der Waals surface area (Å²) < 4.78 is 5.00. The summed E-state index contributed by atoms with van der Waals surface area (Å²) in [7, 11) is 0. The van der Waals surface area contributed by atoms with Gasteiger partial charge in [-0.05, 0) is 18.2 Å². The molecule has 0 unspecified atom stereocenters. The lowest BCUT2D eigenvalue weighted by Gasteiger charge is -2.07. The normalized spacial score (nSPS) is 10.4. The van der Waals surface area contributed by atoms with Gasteiger partial charge in [0.25, 0.3) is 0 Å². The van der Waals surface area contributed by atoms with Gasteiger partial charge in [0.1, 0.15) is 11.3 Å². The molecule has 0 aliphatic rings. The van der Waals surface area contributed by atoms with Crippen molar-refractivity contribution in [3.8, 4) is 5.75 Å². The topological polar surface area (TPSA) is 46.5 Å². The molecule has 3 nitrogen and oxygen atoms in total. The Morgan fingerprint density at radius 2 is 2.00 bits per heavy atom. The van der Waals surface area contributed by atoms with E-state index in [-0.39, 0.29) is 5.56 Å². The summed E-state index contributed by atoms with van der Waals surface area (Å²) in [5, 5.41) is 11.0. The van der Waals surface area contributed by atoms with E-state index in [2.05, 4.69) is 0 Å². The highest BCUT2D eigenvalue weighted by molar-refractivity contribution is 14.1. The predicted molar refractivity (Wildman–Crippen MR) is 70.6 cm³/mol. The summed E-state index contributed by atoms with van der Waals surface area (Å²) in [5.41, 5.74) is 0.134. The van der Waals surface area contributed by atoms with Crippen LogP contribution in [-0.4, -0.2) is 11.1 Å². The summed E-state index contributed by atoms with van der Waals surface area (Å²) in [6.07, 6.45) is 0. The lowest BCUT2D eigenvalue weighted by molar-refractivity contribution is 0.0697. The number of halogens is 2. The van der Waals surface area contributed by atoms with Gasteiger partial charge in [-0.1, -0.05) is 23.7 Å². The number of benzene rings is 2. The molecule has 2 aromatic carbocycles. The van der Waals surface area contributed by atoms with Crippen molar-refractivity contribution in [3.63, 3.8) is 0 Å². The Bertz CT molecular complexity index is 568. The second-order valence-electron chi connectivity index (χ2n) is 3.16. The van der Waals surface area contributed by atoms with Crippen molar-refractivity contribution < 1.29 is 13.0 Å². The van der Waals surface area contributed by atoms with Crippen LogP contribution in [0.15, 0.2) is 30.3 Å². The van der Waals surface area contributed by atoms with Crippen molar-refractivity contribution >= 4 is 51.3 Å². The molecule has 0 saturated heterocycles. The quantitative estimate of drug-likeness (QED) is 0.837. The molecule has 0 radical (unpaired) electrons. The number of carbonyl (C=O) groups is 1. The fourth-order valence-corrected chi connectivity index (χ4v) is 2.19. The van der Waals surface area contributed by atoms with Crippen LogP contribution < -0.4 is 3.07 Å². The van der Waals surface area contributed by atoms with Crippen LogP contribution >= 0.6 is 34.6 Å². The van der Waals surface area contributed by atoms with E-state index in [1.807, 2.05) is 0 Å². The smallest absolute Gasteiger partial charge is 0.340 e. The number of carboxylic acids is 1. The molecule has 0 bridgehead atoms. The van der Waals surface area contributed by atoms with E-state index in [0.29, 0.717) is 21.5 Å². The molecule has 0 spiro atoms. The molecule has 5 heteroatoms. The molecule has 0 fully saturated rings. The number of hydrogen-bond donors (Lipinski definition) is 1. The fourth-order valence-electron chi connectivity index (χ4n) is 1.58. The minimum absolute atomic E-state index is 0.134. The third kappa shape index (κ3) is 1.82. The monoisotopic (exact) mass is 348 g/mol. The zero-order valence-corrected chi connectivity index (χ0v) is 10.8. The third-order valence-electron chi connectivity index (χ3n) is 2.27. The van der Waals surface area contributed by atoms with Crippen LogP contribution in [0.1, 0.15) is 10.4 Å². The third-order valence-corrected chi connectivity index (χ3v) is 3.07. The van der Waals surface area contributed by atoms with Crippen molar-refractivity contribution in [2.45, 2.75) is 0 Å². The van der Waals surface area contributed by atoms with E-state index in [1.165, 1.54) is 0 Å². The standard InChI is InChI=1S/C11H6ClIO3/c12-8-3-1-2-7-6(8)4-5-9(16-13)10(7)11(14)15/h1-5H,(H,14,15). The molecule has 0 saturated carbocycles. The second-order valence-corrected chi connectivity index (χ2v) is 4.00. The Balaban J connectivity index is 2.90. The van der Waals surface area contributed by atoms with Gasteiger partial charge in [0, 0.05) is 15.8 Å². The van der Waals surface area contributed by atoms with Gasteiger partial charge in [-0.25, -0.2) is 4.79 Å². The van der Waals surface area contributed by atoms with E-state index in [1.54, 1.807) is 53.3 Å². The van der Waals surface area contributed by atoms with Gasteiger partial charge >= 0.3 is 5.97 Å². The van der Waals surface area contributed by atoms with E-state index in [0.717, 1.165) is 0 Å². The van der Waals surface area contributed by atoms with Crippen molar-refractivity contribution in [1.29, 1.82) is 0 Å². The highest BCUT2D eigenvalue weighted by Gasteiger charge is 2.16. The Hall–Kier alpha value is -1.01. The van der Waals surface area contributed by atoms with Crippen LogP contribution in [-0.2, 0) is 0 Å². The minimum atomic E-state index is -1.03. The summed E-state index contributed by atoms with van der Waals surface area (Å²) in [5.74, 6) is -0.706. The SMILES string of the molecule is O=C(O)c1c(OI)ccc2c(Cl)cccc12. The van der Waals surface area contributed by atoms with E-state index in [9.17, 15) is 4.79 Å². The Morgan fingerprint density at radius 3 is 2.62 bits per heavy atom. The molecular formula is C11H6ClIO3. The maximum absolute atomic E-state index is 11.2. The first-order valence-corrected chi connectivity index (χ1v) is 5.64. The van der Waals surface area contributed by atoms with Crippen LogP contribution in [0.25, 0.3) is 10.8 Å². The van der Waals surface area contributed by atoms with Gasteiger partial charge in [-0.3, -0.25) is 0 Å². The minimum Gasteiger partial charge on any atom is -0.478 e.